The molecule has 3 rings (SSSR count). The fourth-order valence-electron chi connectivity index (χ4n) is 2.90. The van der Waals surface area contributed by atoms with Crippen molar-refractivity contribution in [1.82, 2.24) is 0 Å². The Kier molecular flexibility index (Phi) is 2.84. The first-order valence-corrected chi connectivity index (χ1v) is 6.65. The van der Waals surface area contributed by atoms with Crippen LogP contribution >= 0.6 is 11.8 Å². The molecule has 0 amide bonds. The van der Waals surface area contributed by atoms with Gasteiger partial charge in [-0.25, -0.2) is 0 Å². The van der Waals surface area contributed by atoms with Crippen LogP contribution in [-0.2, 0) is 4.79 Å². The van der Waals surface area contributed by atoms with Crippen molar-refractivity contribution in [2.75, 3.05) is 11.5 Å². The van der Waals surface area contributed by atoms with Crippen LogP contribution < -0.4 is 0 Å². The van der Waals surface area contributed by atoms with Gasteiger partial charge in [0, 0.05) is 5.75 Å². The van der Waals surface area contributed by atoms with Crippen LogP contribution in [0.2, 0.25) is 0 Å². The van der Waals surface area contributed by atoms with Crippen LogP contribution in [0, 0.1) is 17.3 Å². The minimum atomic E-state index is -0.706. The van der Waals surface area contributed by atoms with Crippen molar-refractivity contribution in [3.05, 3.63) is 11.6 Å². The zero-order valence-electron chi connectivity index (χ0n) is 9.32. The molecule has 3 heteroatoms. The first-order valence-electron chi connectivity index (χ1n) is 5.50. The molecule has 0 heterocycles. The van der Waals surface area contributed by atoms with Crippen LogP contribution in [0.4, 0.5) is 0 Å². The van der Waals surface area contributed by atoms with Crippen molar-refractivity contribution >= 4 is 17.7 Å². The van der Waals surface area contributed by atoms with Gasteiger partial charge in [-0.2, -0.15) is 0 Å². The molecule has 0 aromatic rings. The number of carboxylic acid groups (broad SMARTS) is 1. The van der Waals surface area contributed by atoms with Crippen molar-refractivity contribution in [2.45, 2.75) is 26.7 Å². The Labute approximate surface area is 95.1 Å². The highest BCUT2D eigenvalue weighted by molar-refractivity contribution is 8.00. The lowest BCUT2D eigenvalue weighted by Crippen LogP contribution is -2.48. The summed E-state index contributed by atoms with van der Waals surface area (Å²) in [5, 5.41) is 8.58. The van der Waals surface area contributed by atoms with E-state index in [1.165, 1.54) is 30.2 Å². The molecule has 84 valence electrons. The molecule has 3 aliphatic rings. The standard InChI is InChI=1S/C12H18O2S/c1-12(2)9-4-3-8(10(12)5-9)6-15-7-11(13)14/h3,9-10H,4-7H2,1-2H3,(H,13,14)/t9-,10-/m0/s1. The molecule has 1 fully saturated rings. The van der Waals surface area contributed by atoms with E-state index >= 15 is 0 Å². The number of carbonyl (C=O) groups is 1. The van der Waals surface area contributed by atoms with Crippen LogP contribution in [0.25, 0.3) is 0 Å². The van der Waals surface area contributed by atoms with Crippen molar-refractivity contribution in [3.63, 3.8) is 0 Å². The van der Waals surface area contributed by atoms with E-state index in [1.54, 1.807) is 0 Å². The third-order valence-electron chi connectivity index (χ3n) is 4.08. The maximum absolute atomic E-state index is 10.4. The fourth-order valence-corrected chi connectivity index (χ4v) is 3.73. The third kappa shape index (κ3) is 1.94. The molecule has 0 saturated heterocycles. The molecule has 0 spiro atoms. The highest BCUT2D eigenvalue weighted by atomic mass is 32.2. The molecular weight excluding hydrogens is 208 g/mol. The lowest BCUT2D eigenvalue weighted by molar-refractivity contribution is -0.133. The summed E-state index contributed by atoms with van der Waals surface area (Å²) in [7, 11) is 0. The molecule has 0 aromatic heterocycles. The number of hydrogen-bond donors (Lipinski definition) is 1. The highest BCUT2D eigenvalue weighted by Gasteiger charge is 2.50. The maximum atomic E-state index is 10.4. The number of fused-ring (bicyclic) bond motifs is 1. The smallest absolute Gasteiger partial charge is 0.313 e. The Morgan fingerprint density at radius 2 is 2.40 bits per heavy atom. The third-order valence-corrected chi connectivity index (χ3v) is 5.07. The van der Waals surface area contributed by atoms with Crippen LogP contribution in [0.1, 0.15) is 26.7 Å². The number of hydrogen-bond acceptors (Lipinski definition) is 2. The SMILES string of the molecule is CC1(C)[C@H]2CC=C(CSCC(=O)O)[C@@H]1C2. The Morgan fingerprint density at radius 1 is 1.67 bits per heavy atom. The first kappa shape index (κ1) is 11.1. The summed E-state index contributed by atoms with van der Waals surface area (Å²) in [6.07, 6.45) is 4.87. The van der Waals surface area contributed by atoms with Crippen molar-refractivity contribution in [1.29, 1.82) is 0 Å². The van der Waals surface area contributed by atoms with Gasteiger partial charge in [0.1, 0.15) is 0 Å². The van der Waals surface area contributed by atoms with Gasteiger partial charge in [-0.05, 0) is 30.1 Å². The molecule has 1 N–H and O–H groups in total. The van der Waals surface area contributed by atoms with Crippen LogP contribution in [0.3, 0.4) is 0 Å². The van der Waals surface area contributed by atoms with Gasteiger partial charge >= 0.3 is 5.97 Å². The largest absolute Gasteiger partial charge is 0.481 e. The van der Waals surface area contributed by atoms with Gasteiger partial charge in [-0.3, -0.25) is 4.79 Å². The molecule has 2 atom stereocenters. The maximum Gasteiger partial charge on any atom is 0.313 e. The lowest BCUT2D eigenvalue weighted by Gasteiger charge is -2.56. The van der Waals surface area contributed by atoms with Gasteiger partial charge in [-0.1, -0.05) is 25.5 Å². The summed E-state index contributed by atoms with van der Waals surface area (Å²) < 4.78 is 0. The van der Waals surface area contributed by atoms with Crippen LogP contribution in [0.15, 0.2) is 11.6 Å². The Bertz CT molecular complexity index is 307. The summed E-state index contributed by atoms with van der Waals surface area (Å²) in [4.78, 5) is 10.4. The molecule has 0 radical (unpaired) electrons. The van der Waals surface area contributed by atoms with Crippen molar-refractivity contribution in [3.8, 4) is 0 Å². The van der Waals surface area contributed by atoms with Crippen LogP contribution in [0.5, 0.6) is 0 Å². The second-order valence-electron chi connectivity index (χ2n) is 5.21. The number of thioether (sulfide) groups is 1. The predicted octanol–water partition coefficient (Wildman–Crippen LogP) is 2.80. The summed E-state index contributed by atoms with van der Waals surface area (Å²) in [6, 6.07) is 0. The minimum Gasteiger partial charge on any atom is -0.481 e. The fraction of sp³-hybridized carbons (Fsp3) is 0.750. The quantitative estimate of drug-likeness (QED) is 0.749. The van der Waals surface area contributed by atoms with Gasteiger partial charge in [0.05, 0.1) is 5.75 Å². The van der Waals surface area contributed by atoms with Gasteiger partial charge in [-0.15, -0.1) is 11.8 Å². The number of rotatable bonds is 4. The van der Waals surface area contributed by atoms with E-state index < -0.39 is 5.97 Å². The van der Waals surface area contributed by atoms with E-state index in [2.05, 4.69) is 19.9 Å². The van der Waals surface area contributed by atoms with Crippen LogP contribution in [-0.4, -0.2) is 22.6 Å². The van der Waals surface area contributed by atoms with Crippen molar-refractivity contribution in [2.24, 2.45) is 17.3 Å². The summed E-state index contributed by atoms with van der Waals surface area (Å²) in [5.41, 5.74) is 1.96. The van der Waals surface area contributed by atoms with E-state index in [1.807, 2.05) is 0 Å². The Morgan fingerprint density at radius 3 is 2.93 bits per heavy atom. The predicted molar refractivity (Wildman–Crippen MR) is 63.0 cm³/mol. The van der Waals surface area contributed by atoms with E-state index in [0.29, 0.717) is 5.41 Å². The van der Waals surface area contributed by atoms with E-state index in [9.17, 15) is 4.79 Å². The number of carboxylic acids is 1. The Hall–Kier alpha value is -0.440. The molecule has 2 bridgehead atoms. The molecule has 1 saturated carbocycles. The summed E-state index contributed by atoms with van der Waals surface area (Å²) in [5.74, 6) is 2.02. The normalized spacial score (nSPS) is 31.7. The average molecular weight is 226 g/mol. The highest BCUT2D eigenvalue weighted by Crippen LogP contribution is 2.59. The molecular formula is C12H18O2S. The second-order valence-corrected chi connectivity index (χ2v) is 6.19. The molecule has 0 aromatic carbocycles. The van der Waals surface area contributed by atoms with E-state index in [-0.39, 0.29) is 5.75 Å². The van der Waals surface area contributed by atoms with Gasteiger partial charge < -0.3 is 5.11 Å². The first-order chi connectivity index (χ1) is 7.01. The zero-order valence-corrected chi connectivity index (χ0v) is 10.1. The van der Waals surface area contributed by atoms with Crippen molar-refractivity contribution < 1.29 is 9.90 Å². The second kappa shape index (κ2) is 3.85. The average Bonchev–Trinajstić information content (AvgIpc) is 2.17. The molecule has 0 aliphatic heterocycles. The topological polar surface area (TPSA) is 37.3 Å². The summed E-state index contributed by atoms with van der Waals surface area (Å²) in [6.45, 7) is 4.70. The number of allylic oxidation sites excluding steroid dienone is 1. The minimum absolute atomic E-state index is 0.230. The Balaban J connectivity index is 1.88. The molecule has 0 unspecified atom stereocenters. The number of aliphatic carboxylic acids is 1. The van der Waals surface area contributed by atoms with E-state index in [0.717, 1.165) is 17.6 Å². The van der Waals surface area contributed by atoms with Gasteiger partial charge in [0.15, 0.2) is 0 Å². The molecule has 15 heavy (non-hydrogen) atoms. The lowest BCUT2D eigenvalue weighted by atomic mass is 9.49. The van der Waals surface area contributed by atoms with E-state index in [4.69, 9.17) is 5.11 Å². The van der Waals surface area contributed by atoms with Gasteiger partial charge in [0.25, 0.3) is 0 Å². The molecule has 3 aliphatic carbocycles. The molecule has 2 nitrogen and oxygen atoms in total. The summed E-state index contributed by atoms with van der Waals surface area (Å²) >= 11 is 1.53. The monoisotopic (exact) mass is 226 g/mol. The zero-order chi connectivity index (χ0) is 11.1. The van der Waals surface area contributed by atoms with Gasteiger partial charge in [0.2, 0.25) is 0 Å².